The van der Waals surface area contributed by atoms with E-state index >= 15 is 0 Å². The number of para-hydroxylation sites is 1. The Balaban J connectivity index is 1.41. The second kappa shape index (κ2) is 16.4. The first-order valence-corrected chi connectivity index (χ1v) is 16.1. The molecule has 0 aliphatic carbocycles. The molecule has 0 bridgehead atoms. The van der Waals surface area contributed by atoms with E-state index in [-0.39, 0.29) is 11.6 Å². The molecule has 1 atom stereocenters. The van der Waals surface area contributed by atoms with E-state index in [0.29, 0.717) is 39.0 Å². The van der Waals surface area contributed by atoms with Crippen molar-refractivity contribution in [1.29, 1.82) is 0 Å². The molecule has 0 spiro atoms. The summed E-state index contributed by atoms with van der Waals surface area (Å²) in [5.74, 6) is -0.239. The van der Waals surface area contributed by atoms with Crippen LogP contribution in [0.25, 0.3) is 6.08 Å². The highest BCUT2D eigenvalue weighted by atomic mass is 35.5. The highest BCUT2D eigenvalue weighted by molar-refractivity contribution is 8.00. The zero-order valence-corrected chi connectivity index (χ0v) is 27.7. The van der Waals surface area contributed by atoms with Crippen LogP contribution in [0.15, 0.2) is 138 Å². The Hall–Kier alpha value is -5.51. The highest BCUT2D eigenvalue weighted by Gasteiger charge is 2.23. The van der Waals surface area contributed by atoms with Gasteiger partial charge in [-0.1, -0.05) is 78.3 Å². The molecule has 0 fully saturated rings. The van der Waals surface area contributed by atoms with Crippen LogP contribution in [0, 0.1) is 0 Å². The number of methoxy groups -OCH3 is 2. The van der Waals surface area contributed by atoms with Crippen LogP contribution in [0.2, 0.25) is 5.02 Å². The Labute approximate surface area is 288 Å². The Morgan fingerprint density at radius 2 is 1.46 bits per heavy atom. The Kier molecular flexibility index (Phi) is 11.5. The number of carbonyl (C=O) groups is 3. The second-order valence-corrected chi connectivity index (χ2v) is 11.9. The van der Waals surface area contributed by atoms with Crippen LogP contribution in [0.5, 0.6) is 11.5 Å². The standard InChI is InChI=1S/C38H32ClN3O5S/c1-46-29-21-20-27(34(24-29)47-2)22-33(42-36(43)26-14-7-4-8-15-26)37(44)40-28-16-11-17-30(23-28)48-35(25-12-5-3-6-13-25)38(45)41-32-19-10-9-18-31(32)39/h3-24,35H,1-2H3,(H,40,44)(H,41,45)(H,42,43)/b33-22+. The van der Waals surface area contributed by atoms with Gasteiger partial charge in [-0.05, 0) is 66.2 Å². The fraction of sp³-hybridized carbons (Fsp3) is 0.0789. The normalized spacial score (nSPS) is 11.6. The van der Waals surface area contributed by atoms with Crippen LogP contribution in [0.3, 0.4) is 0 Å². The van der Waals surface area contributed by atoms with Crippen molar-refractivity contribution < 1.29 is 23.9 Å². The molecule has 0 aliphatic heterocycles. The van der Waals surface area contributed by atoms with Gasteiger partial charge in [-0.15, -0.1) is 11.8 Å². The minimum atomic E-state index is -0.628. The van der Waals surface area contributed by atoms with Crippen LogP contribution in [0.1, 0.15) is 26.7 Å². The summed E-state index contributed by atoms with van der Waals surface area (Å²) in [6.45, 7) is 0. The first kappa shape index (κ1) is 33.8. The zero-order valence-electron chi connectivity index (χ0n) is 26.1. The number of nitrogens with one attached hydrogen (secondary N) is 3. The van der Waals surface area contributed by atoms with Crippen molar-refractivity contribution in [3.05, 3.63) is 155 Å². The van der Waals surface area contributed by atoms with E-state index in [9.17, 15) is 14.4 Å². The van der Waals surface area contributed by atoms with Crippen molar-refractivity contribution in [3.8, 4) is 11.5 Å². The fourth-order valence-electron chi connectivity index (χ4n) is 4.68. The topological polar surface area (TPSA) is 106 Å². The molecule has 242 valence electrons. The molecule has 0 aromatic heterocycles. The van der Waals surface area contributed by atoms with E-state index in [1.54, 1.807) is 98.1 Å². The van der Waals surface area contributed by atoms with Crippen LogP contribution in [-0.4, -0.2) is 31.9 Å². The van der Waals surface area contributed by atoms with E-state index in [1.165, 1.54) is 24.9 Å². The van der Waals surface area contributed by atoms with Gasteiger partial charge in [0.05, 0.1) is 24.9 Å². The summed E-state index contributed by atoms with van der Waals surface area (Å²) >= 11 is 7.64. The van der Waals surface area contributed by atoms with E-state index < -0.39 is 17.1 Å². The quantitative estimate of drug-likeness (QED) is 0.0908. The van der Waals surface area contributed by atoms with E-state index in [2.05, 4.69) is 16.0 Å². The highest BCUT2D eigenvalue weighted by Crippen LogP contribution is 2.38. The Morgan fingerprint density at radius 3 is 2.17 bits per heavy atom. The smallest absolute Gasteiger partial charge is 0.272 e. The van der Waals surface area contributed by atoms with Gasteiger partial charge in [-0.3, -0.25) is 14.4 Å². The minimum absolute atomic E-state index is 0.00773. The number of ether oxygens (including phenoxy) is 2. The lowest BCUT2D eigenvalue weighted by Gasteiger charge is -2.18. The molecule has 0 saturated heterocycles. The molecule has 5 aromatic carbocycles. The lowest BCUT2D eigenvalue weighted by molar-refractivity contribution is -0.116. The lowest BCUT2D eigenvalue weighted by Crippen LogP contribution is -2.30. The van der Waals surface area contributed by atoms with Gasteiger partial charge in [0, 0.05) is 27.8 Å². The van der Waals surface area contributed by atoms with Gasteiger partial charge in [0.25, 0.3) is 11.8 Å². The number of halogens is 1. The average Bonchev–Trinajstić information content (AvgIpc) is 3.12. The van der Waals surface area contributed by atoms with Crippen molar-refractivity contribution in [3.63, 3.8) is 0 Å². The van der Waals surface area contributed by atoms with E-state index in [1.807, 2.05) is 36.4 Å². The van der Waals surface area contributed by atoms with Gasteiger partial charge in [-0.2, -0.15) is 0 Å². The number of hydrogen-bond acceptors (Lipinski definition) is 6. The number of amides is 3. The Morgan fingerprint density at radius 1 is 0.750 bits per heavy atom. The maximum atomic E-state index is 13.8. The molecule has 5 aromatic rings. The van der Waals surface area contributed by atoms with Crippen molar-refractivity contribution in [2.75, 3.05) is 24.9 Å². The molecule has 8 nitrogen and oxygen atoms in total. The number of anilines is 2. The number of rotatable bonds is 12. The summed E-state index contributed by atoms with van der Waals surface area (Å²) in [6, 6.07) is 37.3. The third-order valence-corrected chi connectivity index (χ3v) is 8.66. The summed E-state index contributed by atoms with van der Waals surface area (Å²) in [4.78, 5) is 41.2. The molecule has 1 unspecified atom stereocenters. The molecular formula is C38H32ClN3O5S. The van der Waals surface area contributed by atoms with Crippen LogP contribution in [0.4, 0.5) is 11.4 Å². The van der Waals surface area contributed by atoms with Crippen LogP contribution < -0.4 is 25.4 Å². The van der Waals surface area contributed by atoms with Crippen LogP contribution >= 0.6 is 23.4 Å². The van der Waals surface area contributed by atoms with E-state index in [4.69, 9.17) is 21.1 Å². The van der Waals surface area contributed by atoms with Gasteiger partial charge in [-0.25, -0.2) is 0 Å². The summed E-state index contributed by atoms with van der Waals surface area (Å²) in [5, 5.41) is 8.38. The molecule has 0 aliphatic rings. The average molecular weight is 678 g/mol. The molecule has 10 heteroatoms. The SMILES string of the molecule is COc1ccc(/C=C(/NC(=O)c2ccccc2)C(=O)Nc2cccc(SC(C(=O)Nc3ccccc3Cl)c3ccccc3)c2)c(OC)c1. The molecule has 0 radical (unpaired) electrons. The van der Waals surface area contributed by atoms with Crippen LogP contribution in [-0.2, 0) is 9.59 Å². The molecule has 3 N–H and O–H groups in total. The second-order valence-electron chi connectivity index (χ2n) is 10.3. The van der Waals surface area contributed by atoms with Crippen molar-refractivity contribution in [2.45, 2.75) is 10.1 Å². The first-order valence-electron chi connectivity index (χ1n) is 14.8. The van der Waals surface area contributed by atoms with Gasteiger partial charge >= 0.3 is 0 Å². The predicted octanol–water partition coefficient (Wildman–Crippen LogP) is 8.24. The molecule has 0 saturated carbocycles. The van der Waals surface area contributed by atoms with Gasteiger partial charge in [0.1, 0.15) is 22.4 Å². The van der Waals surface area contributed by atoms with Gasteiger partial charge < -0.3 is 25.4 Å². The summed E-state index contributed by atoms with van der Waals surface area (Å²) in [7, 11) is 3.05. The number of thioether (sulfide) groups is 1. The summed E-state index contributed by atoms with van der Waals surface area (Å²) < 4.78 is 10.8. The molecule has 5 rings (SSSR count). The van der Waals surface area contributed by atoms with Crippen molar-refractivity contribution >= 4 is 58.5 Å². The van der Waals surface area contributed by atoms with E-state index in [0.717, 1.165) is 10.5 Å². The molecular weight excluding hydrogens is 646 g/mol. The number of hydrogen-bond donors (Lipinski definition) is 3. The molecule has 48 heavy (non-hydrogen) atoms. The van der Waals surface area contributed by atoms with Gasteiger partial charge in [0.2, 0.25) is 5.91 Å². The third-order valence-electron chi connectivity index (χ3n) is 7.09. The summed E-state index contributed by atoms with van der Waals surface area (Å²) in [6.07, 6.45) is 1.54. The zero-order chi connectivity index (χ0) is 33.9. The monoisotopic (exact) mass is 677 g/mol. The van der Waals surface area contributed by atoms with Crippen molar-refractivity contribution in [1.82, 2.24) is 5.32 Å². The summed E-state index contributed by atoms with van der Waals surface area (Å²) in [5.41, 5.74) is 2.70. The molecule has 0 heterocycles. The molecule has 3 amide bonds. The first-order chi connectivity index (χ1) is 23.3. The number of carbonyl (C=O) groups excluding carboxylic acids is 3. The predicted molar refractivity (Wildman–Crippen MR) is 192 cm³/mol. The van der Waals surface area contributed by atoms with Crippen molar-refractivity contribution in [2.24, 2.45) is 0 Å². The van der Waals surface area contributed by atoms with Gasteiger partial charge in [0.15, 0.2) is 0 Å². The maximum Gasteiger partial charge on any atom is 0.272 e. The fourth-order valence-corrected chi connectivity index (χ4v) is 5.95. The number of benzene rings is 5. The Bertz CT molecular complexity index is 1940. The third kappa shape index (κ3) is 8.85. The minimum Gasteiger partial charge on any atom is -0.497 e. The largest absolute Gasteiger partial charge is 0.497 e. The maximum absolute atomic E-state index is 13.8. The lowest BCUT2D eigenvalue weighted by atomic mass is 10.1.